The van der Waals surface area contributed by atoms with Gasteiger partial charge in [0.1, 0.15) is 5.82 Å². The summed E-state index contributed by atoms with van der Waals surface area (Å²) < 4.78 is 7.72. The molecule has 0 amide bonds. The first kappa shape index (κ1) is 10.7. The van der Waals surface area contributed by atoms with Crippen LogP contribution in [0.15, 0.2) is 24.4 Å². The molecule has 4 nitrogen and oxygen atoms in total. The van der Waals surface area contributed by atoms with Gasteiger partial charge < -0.3 is 10.5 Å². The highest BCUT2D eigenvalue weighted by Crippen LogP contribution is 2.26. The van der Waals surface area contributed by atoms with E-state index in [0.29, 0.717) is 12.5 Å². The third-order valence-corrected chi connectivity index (χ3v) is 3.39. The van der Waals surface area contributed by atoms with Crippen molar-refractivity contribution in [2.24, 2.45) is 5.73 Å². The minimum absolute atomic E-state index is 0.402. The highest BCUT2D eigenvalue weighted by atomic mass is 16.5. The van der Waals surface area contributed by atoms with E-state index in [9.17, 15) is 0 Å². The van der Waals surface area contributed by atoms with Crippen molar-refractivity contribution < 1.29 is 4.74 Å². The van der Waals surface area contributed by atoms with Gasteiger partial charge in [0, 0.05) is 24.8 Å². The van der Waals surface area contributed by atoms with E-state index < -0.39 is 0 Å². The molecule has 1 fully saturated rings. The van der Waals surface area contributed by atoms with Crippen molar-refractivity contribution in [2.45, 2.75) is 25.3 Å². The molecule has 0 bridgehead atoms. The van der Waals surface area contributed by atoms with Gasteiger partial charge in [-0.25, -0.2) is 4.98 Å². The molecule has 17 heavy (non-hydrogen) atoms. The van der Waals surface area contributed by atoms with Gasteiger partial charge in [0.25, 0.3) is 0 Å². The monoisotopic (exact) mass is 231 g/mol. The maximum atomic E-state index is 5.79. The van der Waals surface area contributed by atoms with Gasteiger partial charge in [-0.15, -0.1) is 0 Å². The predicted molar refractivity (Wildman–Crippen MR) is 65.9 cm³/mol. The van der Waals surface area contributed by atoms with Crippen LogP contribution in [0.4, 0.5) is 0 Å². The molecular formula is C13H17N3O. The summed E-state index contributed by atoms with van der Waals surface area (Å²) in [4.78, 5) is 4.56. The van der Waals surface area contributed by atoms with E-state index >= 15 is 0 Å². The topological polar surface area (TPSA) is 52.5 Å². The Morgan fingerprint density at radius 2 is 2.41 bits per heavy atom. The number of imidazole rings is 1. The van der Waals surface area contributed by atoms with Gasteiger partial charge in [0.2, 0.25) is 0 Å². The summed E-state index contributed by atoms with van der Waals surface area (Å²) >= 11 is 0. The van der Waals surface area contributed by atoms with Crippen LogP contribution in [0.25, 0.3) is 5.52 Å². The second-order valence-corrected chi connectivity index (χ2v) is 4.51. The number of aromatic nitrogens is 2. The molecule has 0 aromatic carbocycles. The second-order valence-electron chi connectivity index (χ2n) is 4.51. The van der Waals surface area contributed by atoms with Crippen LogP contribution in [0, 0.1) is 0 Å². The van der Waals surface area contributed by atoms with Crippen LogP contribution in [0.2, 0.25) is 0 Å². The molecule has 1 aliphatic rings. The van der Waals surface area contributed by atoms with E-state index in [1.807, 2.05) is 12.3 Å². The molecule has 3 heterocycles. The third-order valence-electron chi connectivity index (χ3n) is 3.39. The first-order chi connectivity index (χ1) is 8.40. The van der Waals surface area contributed by atoms with E-state index in [1.165, 1.54) is 0 Å². The molecule has 1 atom stereocenters. The SMILES string of the molecule is NCc1cccc2cnc(C3CCCOC3)n12. The number of rotatable bonds is 2. The number of hydrogen-bond acceptors (Lipinski definition) is 3. The number of ether oxygens (including phenoxy) is 1. The van der Waals surface area contributed by atoms with E-state index in [-0.39, 0.29) is 0 Å². The lowest BCUT2D eigenvalue weighted by Crippen LogP contribution is -2.19. The Bertz CT molecular complexity index is 514. The normalized spacial score (nSPS) is 20.9. The first-order valence-corrected chi connectivity index (χ1v) is 6.13. The van der Waals surface area contributed by atoms with Crippen LogP contribution in [-0.2, 0) is 11.3 Å². The fourth-order valence-corrected chi connectivity index (χ4v) is 2.53. The van der Waals surface area contributed by atoms with Gasteiger partial charge in [0.05, 0.1) is 18.3 Å². The molecule has 3 rings (SSSR count). The summed E-state index contributed by atoms with van der Waals surface area (Å²) in [6.07, 6.45) is 4.19. The van der Waals surface area contributed by atoms with E-state index in [1.54, 1.807) is 0 Å². The molecule has 1 saturated heterocycles. The van der Waals surface area contributed by atoms with Crippen molar-refractivity contribution in [2.75, 3.05) is 13.2 Å². The quantitative estimate of drug-likeness (QED) is 0.855. The van der Waals surface area contributed by atoms with Crippen LogP contribution in [0.5, 0.6) is 0 Å². The minimum atomic E-state index is 0.402. The average Bonchev–Trinajstić information content (AvgIpc) is 2.83. The Labute approximate surface area is 100 Å². The fourth-order valence-electron chi connectivity index (χ4n) is 2.53. The van der Waals surface area contributed by atoms with Crippen LogP contribution < -0.4 is 5.73 Å². The van der Waals surface area contributed by atoms with E-state index in [2.05, 4.69) is 21.5 Å². The standard InChI is InChI=1S/C13H17N3O/c14-7-11-4-1-5-12-8-15-13(16(11)12)10-3-2-6-17-9-10/h1,4-5,8,10H,2-3,6-7,9,14H2. The Hall–Kier alpha value is -1.39. The number of hydrogen-bond donors (Lipinski definition) is 1. The second kappa shape index (κ2) is 4.47. The molecule has 2 N–H and O–H groups in total. The highest BCUT2D eigenvalue weighted by molar-refractivity contribution is 5.48. The lowest BCUT2D eigenvalue weighted by Gasteiger charge is -2.21. The number of pyridine rings is 1. The van der Waals surface area contributed by atoms with Gasteiger partial charge in [0.15, 0.2) is 0 Å². The maximum Gasteiger partial charge on any atom is 0.118 e. The van der Waals surface area contributed by atoms with Crippen LogP contribution >= 0.6 is 0 Å². The van der Waals surface area contributed by atoms with Gasteiger partial charge in [-0.2, -0.15) is 0 Å². The summed E-state index contributed by atoms with van der Waals surface area (Å²) in [6.45, 7) is 2.19. The Morgan fingerprint density at radius 1 is 1.47 bits per heavy atom. The molecule has 0 radical (unpaired) electrons. The summed E-state index contributed by atoms with van der Waals surface area (Å²) in [7, 11) is 0. The van der Waals surface area contributed by atoms with Gasteiger partial charge >= 0.3 is 0 Å². The molecule has 0 aliphatic carbocycles. The van der Waals surface area contributed by atoms with Crippen molar-refractivity contribution in [3.05, 3.63) is 35.9 Å². The summed E-state index contributed by atoms with van der Waals surface area (Å²) in [5, 5.41) is 0. The Kier molecular flexibility index (Phi) is 2.82. The Balaban J connectivity index is 2.09. The largest absolute Gasteiger partial charge is 0.381 e. The first-order valence-electron chi connectivity index (χ1n) is 6.13. The van der Waals surface area contributed by atoms with Gasteiger partial charge in [-0.3, -0.25) is 4.40 Å². The molecule has 0 spiro atoms. The molecule has 1 aliphatic heterocycles. The molecule has 0 saturated carbocycles. The molecule has 2 aromatic heterocycles. The lowest BCUT2D eigenvalue weighted by molar-refractivity contribution is 0.0778. The molecule has 1 unspecified atom stereocenters. The van der Waals surface area contributed by atoms with Crippen LogP contribution in [0.1, 0.15) is 30.3 Å². The van der Waals surface area contributed by atoms with Crippen molar-refractivity contribution in [1.29, 1.82) is 0 Å². The Morgan fingerprint density at radius 3 is 3.18 bits per heavy atom. The third kappa shape index (κ3) is 1.83. The van der Waals surface area contributed by atoms with Gasteiger partial charge in [-0.05, 0) is 25.0 Å². The number of nitrogens with zero attached hydrogens (tertiary/aromatic N) is 2. The molecule has 90 valence electrons. The zero-order valence-corrected chi connectivity index (χ0v) is 9.80. The summed E-state index contributed by atoms with van der Waals surface area (Å²) in [5.41, 5.74) is 8.02. The predicted octanol–water partition coefficient (Wildman–Crippen LogP) is 1.69. The lowest BCUT2D eigenvalue weighted by atomic mass is 10.0. The number of nitrogens with two attached hydrogens (primary N) is 1. The van der Waals surface area contributed by atoms with E-state index in [0.717, 1.165) is 43.1 Å². The molecule has 4 heteroatoms. The summed E-state index contributed by atoms with van der Waals surface area (Å²) in [6, 6.07) is 6.15. The minimum Gasteiger partial charge on any atom is -0.381 e. The van der Waals surface area contributed by atoms with Gasteiger partial charge in [-0.1, -0.05) is 6.07 Å². The zero-order chi connectivity index (χ0) is 11.7. The summed E-state index contributed by atoms with van der Waals surface area (Å²) in [5.74, 6) is 1.50. The van der Waals surface area contributed by atoms with Crippen molar-refractivity contribution in [3.8, 4) is 0 Å². The number of fused-ring (bicyclic) bond motifs is 1. The van der Waals surface area contributed by atoms with Crippen LogP contribution in [0.3, 0.4) is 0 Å². The van der Waals surface area contributed by atoms with Crippen molar-refractivity contribution in [3.63, 3.8) is 0 Å². The highest BCUT2D eigenvalue weighted by Gasteiger charge is 2.21. The average molecular weight is 231 g/mol. The smallest absolute Gasteiger partial charge is 0.118 e. The zero-order valence-electron chi connectivity index (χ0n) is 9.80. The fraction of sp³-hybridized carbons (Fsp3) is 0.462. The maximum absolute atomic E-state index is 5.79. The van der Waals surface area contributed by atoms with E-state index in [4.69, 9.17) is 10.5 Å². The van der Waals surface area contributed by atoms with Crippen LogP contribution in [-0.4, -0.2) is 22.6 Å². The molecule has 2 aromatic rings. The molecular weight excluding hydrogens is 214 g/mol. The van der Waals surface area contributed by atoms with Crippen molar-refractivity contribution in [1.82, 2.24) is 9.38 Å². The van der Waals surface area contributed by atoms with Crippen molar-refractivity contribution >= 4 is 5.52 Å².